The summed E-state index contributed by atoms with van der Waals surface area (Å²) < 4.78 is 1.35. The van der Waals surface area contributed by atoms with Gasteiger partial charge in [-0.05, 0) is 12.1 Å². The molecular formula is C11H11N3O2S. The molecule has 0 fully saturated rings. The molecule has 1 aromatic carbocycles. The van der Waals surface area contributed by atoms with E-state index in [2.05, 4.69) is 5.32 Å². The third-order valence-corrected chi connectivity index (χ3v) is 2.89. The highest BCUT2D eigenvalue weighted by Gasteiger charge is 2.06. The van der Waals surface area contributed by atoms with Crippen molar-refractivity contribution in [1.82, 2.24) is 4.57 Å². The monoisotopic (exact) mass is 249 g/mol. The Morgan fingerprint density at radius 2 is 2.18 bits per heavy atom. The van der Waals surface area contributed by atoms with Gasteiger partial charge in [-0.1, -0.05) is 23.5 Å². The minimum atomic E-state index is -0.275. The number of nitrogen functional groups attached to an aromatic ring is 1. The van der Waals surface area contributed by atoms with E-state index >= 15 is 0 Å². The van der Waals surface area contributed by atoms with E-state index in [1.165, 1.54) is 4.57 Å². The van der Waals surface area contributed by atoms with Crippen LogP contribution in [0, 0.1) is 0 Å². The minimum Gasteiger partial charge on any atom is -0.397 e. The second kappa shape index (κ2) is 4.84. The molecule has 0 radical (unpaired) electrons. The molecule has 2 rings (SSSR count). The van der Waals surface area contributed by atoms with Crippen molar-refractivity contribution in [3.63, 3.8) is 0 Å². The molecule has 0 aliphatic carbocycles. The molecule has 88 valence electrons. The van der Waals surface area contributed by atoms with Gasteiger partial charge in [-0.25, -0.2) is 0 Å². The maximum Gasteiger partial charge on any atom is 0.307 e. The summed E-state index contributed by atoms with van der Waals surface area (Å²) in [5.41, 5.74) is 6.75. The summed E-state index contributed by atoms with van der Waals surface area (Å²) in [6.45, 7) is -0.00331. The molecule has 0 saturated heterocycles. The number of aromatic nitrogens is 1. The molecule has 0 atom stereocenters. The maximum absolute atomic E-state index is 11.7. The van der Waals surface area contributed by atoms with Crippen molar-refractivity contribution in [1.29, 1.82) is 0 Å². The number of nitrogens with one attached hydrogen (secondary N) is 1. The van der Waals surface area contributed by atoms with Gasteiger partial charge in [0.2, 0.25) is 5.91 Å². The Bertz CT molecular complexity index is 588. The van der Waals surface area contributed by atoms with Crippen LogP contribution in [-0.4, -0.2) is 10.5 Å². The second-order valence-electron chi connectivity index (χ2n) is 3.43. The number of para-hydroxylation sites is 2. The highest BCUT2D eigenvalue weighted by atomic mass is 32.1. The Hall–Kier alpha value is -2.08. The van der Waals surface area contributed by atoms with E-state index < -0.39 is 0 Å². The van der Waals surface area contributed by atoms with Gasteiger partial charge in [0, 0.05) is 11.6 Å². The van der Waals surface area contributed by atoms with Crippen molar-refractivity contribution in [3.8, 4) is 0 Å². The first-order valence-corrected chi connectivity index (χ1v) is 5.83. The lowest BCUT2D eigenvalue weighted by Crippen LogP contribution is -2.24. The van der Waals surface area contributed by atoms with E-state index in [4.69, 9.17) is 5.73 Å². The molecule has 0 spiro atoms. The van der Waals surface area contributed by atoms with E-state index in [0.717, 1.165) is 11.3 Å². The van der Waals surface area contributed by atoms with E-state index in [0.29, 0.717) is 11.4 Å². The van der Waals surface area contributed by atoms with Gasteiger partial charge in [0.1, 0.15) is 6.54 Å². The summed E-state index contributed by atoms with van der Waals surface area (Å²) >= 11 is 1.06. The van der Waals surface area contributed by atoms with Gasteiger partial charge in [-0.2, -0.15) is 0 Å². The van der Waals surface area contributed by atoms with Crippen LogP contribution in [0.3, 0.4) is 0 Å². The Morgan fingerprint density at radius 1 is 1.41 bits per heavy atom. The standard InChI is InChI=1S/C11H11N3O2S/c12-8-3-1-2-4-9(8)13-10(15)7-14-5-6-17-11(14)16/h1-6H,7,12H2,(H,13,15). The van der Waals surface area contributed by atoms with Crippen LogP contribution in [0.4, 0.5) is 11.4 Å². The van der Waals surface area contributed by atoms with Gasteiger partial charge < -0.3 is 11.1 Å². The van der Waals surface area contributed by atoms with Crippen molar-refractivity contribution < 1.29 is 4.79 Å². The molecule has 0 aliphatic rings. The molecule has 6 heteroatoms. The molecule has 3 N–H and O–H groups in total. The SMILES string of the molecule is Nc1ccccc1NC(=O)Cn1ccsc1=O. The number of benzene rings is 1. The van der Waals surface area contributed by atoms with Gasteiger partial charge in [-0.15, -0.1) is 0 Å². The van der Waals surface area contributed by atoms with Crippen LogP contribution in [-0.2, 0) is 11.3 Å². The van der Waals surface area contributed by atoms with Gasteiger partial charge in [0.05, 0.1) is 11.4 Å². The highest BCUT2D eigenvalue weighted by molar-refractivity contribution is 7.07. The minimum absolute atomic E-state index is 0.00331. The lowest BCUT2D eigenvalue weighted by Gasteiger charge is -2.07. The van der Waals surface area contributed by atoms with Crippen molar-refractivity contribution >= 4 is 28.6 Å². The van der Waals surface area contributed by atoms with Crippen LogP contribution >= 0.6 is 11.3 Å². The number of thiazole rings is 1. The number of amides is 1. The zero-order valence-corrected chi connectivity index (χ0v) is 9.74. The average molecular weight is 249 g/mol. The van der Waals surface area contributed by atoms with Crippen LogP contribution in [0.2, 0.25) is 0 Å². The Kier molecular flexibility index (Phi) is 3.24. The Morgan fingerprint density at radius 3 is 2.82 bits per heavy atom. The molecule has 1 aromatic heterocycles. The average Bonchev–Trinajstić information content (AvgIpc) is 2.68. The van der Waals surface area contributed by atoms with Crippen LogP contribution < -0.4 is 15.9 Å². The molecular weight excluding hydrogens is 238 g/mol. The normalized spacial score (nSPS) is 10.1. The van der Waals surface area contributed by atoms with Crippen molar-refractivity contribution in [3.05, 3.63) is 45.5 Å². The number of nitrogens with two attached hydrogens (primary N) is 1. The van der Waals surface area contributed by atoms with E-state index in [-0.39, 0.29) is 17.3 Å². The van der Waals surface area contributed by atoms with Crippen LogP contribution in [0.5, 0.6) is 0 Å². The second-order valence-corrected chi connectivity index (χ2v) is 4.29. The third kappa shape index (κ3) is 2.73. The Labute approximate surface area is 102 Å². The quantitative estimate of drug-likeness (QED) is 0.800. The van der Waals surface area contributed by atoms with Crippen LogP contribution in [0.25, 0.3) is 0 Å². The number of hydrogen-bond acceptors (Lipinski definition) is 4. The van der Waals surface area contributed by atoms with Crippen molar-refractivity contribution in [2.24, 2.45) is 0 Å². The predicted molar refractivity (Wildman–Crippen MR) is 68.1 cm³/mol. The lowest BCUT2D eigenvalue weighted by molar-refractivity contribution is -0.116. The number of nitrogens with zero attached hydrogens (tertiary/aromatic N) is 1. The fraction of sp³-hybridized carbons (Fsp3) is 0.0909. The largest absolute Gasteiger partial charge is 0.397 e. The zero-order chi connectivity index (χ0) is 12.3. The molecule has 0 bridgehead atoms. The number of carbonyl (C=O) groups excluding carboxylic acids is 1. The zero-order valence-electron chi connectivity index (χ0n) is 8.92. The number of carbonyl (C=O) groups is 1. The van der Waals surface area contributed by atoms with Crippen LogP contribution in [0.15, 0.2) is 40.6 Å². The maximum atomic E-state index is 11.7. The first-order valence-electron chi connectivity index (χ1n) is 4.95. The van der Waals surface area contributed by atoms with Gasteiger partial charge in [0.25, 0.3) is 0 Å². The summed E-state index contributed by atoms with van der Waals surface area (Å²) in [7, 11) is 0. The fourth-order valence-electron chi connectivity index (χ4n) is 1.36. The van der Waals surface area contributed by atoms with Gasteiger partial charge in [-0.3, -0.25) is 14.2 Å². The van der Waals surface area contributed by atoms with Crippen molar-refractivity contribution in [2.75, 3.05) is 11.1 Å². The molecule has 0 aliphatic heterocycles. The first kappa shape index (κ1) is 11.4. The molecule has 2 aromatic rings. The molecule has 5 nitrogen and oxygen atoms in total. The van der Waals surface area contributed by atoms with E-state index in [9.17, 15) is 9.59 Å². The molecule has 17 heavy (non-hydrogen) atoms. The summed E-state index contributed by atoms with van der Waals surface area (Å²) in [6, 6.07) is 6.98. The highest BCUT2D eigenvalue weighted by Crippen LogP contribution is 2.16. The predicted octanol–water partition coefficient (Wildman–Crippen LogP) is 1.13. The summed E-state index contributed by atoms with van der Waals surface area (Å²) in [5.74, 6) is -0.275. The summed E-state index contributed by atoms with van der Waals surface area (Å²) in [6.07, 6.45) is 1.58. The van der Waals surface area contributed by atoms with Crippen molar-refractivity contribution in [2.45, 2.75) is 6.54 Å². The summed E-state index contributed by atoms with van der Waals surface area (Å²) in [5, 5.41) is 4.30. The number of anilines is 2. The van der Waals surface area contributed by atoms with E-state index in [1.807, 2.05) is 0 Å². The Balaban J connectivity index is 2.06. The van der Waals surface area contributed by atoms with Crippen LogP contribution in [0.1, 0.15) is 0 Å². The number of hydrogen-bond donors (Lipinski definition) is 2. The molecule has 0 saturated carbocycles. The van der Waals surface area contributed by atoms with E-state index in [1.54, 1.807) is 35.8 Å². The topological polar surface area (TPSA) is 77.1 Å². The lowest BCUT2D eigenvalue weighted by atomic mass is 10.2. The van der Waals surface area contributed by atoms with Gasteiger partial charge >= 0.3 is 4.87 Å². The molecule has 1 amide bonds. The number of rotatable bonds is 3. The molecule has 1 heterocycles. The fourth-order valence-corrected chi connectivity index (χ4v) is 1.95. The third-order valence-electron chi connectivity index (χ3n) is 2.19. The smallest absolute Gasteiger partial charge is 0.307 e. The van der Waals surface area contributed by atoms with Gasteiger partial charge in [0.15, 0.2) is 0 Å². The molecule has 0 unspecified atom stereocenters. The first-order chi connectivity index (χ1) is 8.16. The summed E-state index contributed by atoms with van der Waals surface area (Å²) in [4.78, 5) is 22.8.